The van der Waals surface area contributed by atoms with E-state index >= 15 is 0 Å². The number of benzene rings is 1. The lowest BCUT2D eigenvalue weighted by molar-refractivity contribution is 0.285. The lowest BCUT2D eigenvalue weighted by Gasteiger charge is -2.25. The number of nitrogens with two attached hydrogens (primary N) is 1. The van der Waals surface area contributed by atoms with Crippen molar-refractivity contribution in [1.29, 1.82) is 0 Å². The third-order valence-electron chi connectivity index (χ3n) is 3.19. The molecular formula is C16H25Cl2N. The second-order valence-corrected chi connectivity index (χ2v) is 7.58. The first-order valence-electron chi connectivity index (χ1n) is 6.87. The SMILES string of the molecule is CC(CC(N)Cc1c(Cl)cccc1Cl)CC(C)(C)C. The van der Waals surface area contributed by atoms with Crippen LogP contribution in [0.5, 0.6) is 0 Å². The van der Waals surface area contributed by atoms with Gasteiger partial charge in [0.2, 0.25) is 0 Å². The minimum absolute atomic E-state index is 0.106. The molecule has 0 bridgehead atoms. The number of halogens is 2. The van der Waals surface area contributed by atoms with Gasteiger partial charge in [-0.2, -0.15) is 0 Å². The van der Waals surface area contributed by atoms with E-state index in [1.165, 1.54) is 6.42 Å². The van der Waals surface area contributed by atoms with Crippen molar-refractivity contribution in [3.8, 4) is 0 Å². The van der Waals surface area contributed by atoms with Gasteiger partial charge < -0.3 is 5.73 Å². The fraction of sp³-hybridized carbons (Fsp3) is 0.625. The third-order valence-corrected chi connectivity index (χ3v) is 3.90. The van der Waals surface area contributed by atoms with Crippen LogP contribution in [0.2, 0.25) is 10.0 Å². The molecule has 0 aliphatic heterocycles. The van der Waals surface area contributed by atoms with Gasteiger partial charge in [0.15, 0.2) is 0 Å². The summed E-state index contributed by atoms with van der Waals surface area (Å²) in [5.41, 5.74) is 7.57. The molecule has 108 valence electrons. The average Bonchev–Trinajstić information content (AvgIpc) is 2.20. The normalized spacial score (nSPS) is 15.3. The molecule has 1 rings (SSSR count). The molecule has 0 fully saturated rings. The number of rotatable bonds is 5. The van der Waals surface area contributed by atoms with Crippen molar-refractivity contribution in [3.05, 3.63) is 33.8 Å². The van der Waals surface area contributed by atoms with Crippen LogP contribution < -0.4 is 5.73 Å². The summed E-state index contributed by atoms with van der Waals surface area (Å²) < 4.78 is 0. The van der Waals surface area contributed by atoms with E-state index < -0.39 is 0 Å². The van der Waals surface area contributed by atoms with Crippen LogP contribution in [0, 0.1) is 11.3 Å². The smallest absolute Gasteiger partial charge is 0.0453 e. The molecule has 1 nitrogen and oxygen atoms in total. The van der Waals surface area contributed by atoms with Crippen LogP contribution in [0.25, 0.3) is 0 Å². The Bertz CT molecular complexity index is 389. The van der Waals surface area contributed by atoms with Crippen LogP contribution in [-0.4, -0.2) is 6.04 Å². The number of hydrogen-bond acceptors (Lipinski definition) is 1. The van der Waals surface area contributed by atoms with Crippen molar-refractivity contribution in [2.24, 2.45) is 17.1 Å². The van der Waals surface area contributed by atoms with E-state index in [9.17, 15) is 0 Å². The van der Waals surface area contributed by atoms with Crippen LogP contribution in [0.15, 0.2) is 18.2 Å². The van der Waals surface area contributed by atoms with Crippen LogP contribution >= 0.6 is 23.2 Å². The summed E-state index contributed by atoms with van der Waals surface area (Å²) in [4.78, 5) is 0. The molecule has 0 aliphatic rings. The van der Waals surface area contributed by atoms with E-state index in [0.717, 1.165) is 18.4 Å². The maximum atomic E-state index is 6.25. The third kappa shape index (κ3) is 6.16. The predicted octanol–water partition coefficient (Wildman–Crippen LogP) is 5.33. The Morgan fingerprint density at radius 3 is 2.16 bits per heavy atom. The summed E-state index contributed by atoms with van der Waals surface area (Å²) >= 11 is 12.4. The van der Waals surface area contributed by atoms with Crippen molar-refractivity contribution in [3.63, 3.8) is 0 Å². The first-order chi connectivity index (χ1) is 8.69. The lowest BCUT2D eigenvalue weighted by Crippen LogP contribution is -2.27. The highest BCUT2D eigenvalue weighted by Crippen LogP contribution is 2.29. The van der Waals surface area contributed by atoms with Crippen LogP contribution in [0.3, 0.4) is 0 Å². The highest BCUT2D eigenvalue weighted by atomic mass is 35.5. The quantitative estimate of drug-likeness (QED) is 0.782. The van der Waals surface area contributed by atoms with Gasteiger partial charge in [0.05, 0.1) is 0 Å². The van der Waals surface area contributed by atoms with E-state index in [1.54, 1.807) is 0 Å². The Hall–Kier alpha value is -0.240. The molecule has 0 saturated heterocycles. The van der Waals surface area contributed by atoms with Gasteiger partial charge in [0.1, 0.15) is 0 Å². The van der Waals surface area contributed by atoms with E-state index in [0.29, 0.717) is 21.4 Å². The zero-order chi connectivity index (χ0) is 14.6. The molecule has 0 saturated carbocycles. The van der Waals surface area contributed by atoms with E-state index in [-0.39, 0.29) is 6.04 Å². The first kappa shape index (κ1) is 16.8. The maximum Gasteiger partial charge on any atom is 0.0453 e. The molecule has 0 heterocycles. The Labute approximate surface area is 127 Å². The molecule has 1 aromatic rings. The van der Waals surface area contributed by atoms with Gasteiger partial charge in [-0.3, -0.25) is 0 Å². The summed E-state index contributed by atoms with van der Waals surface area (Å²) in [5, 5.41) is 1.43. The van der Waals surface area contributed by atoms with E-state index in [2.05, 4.69) is 27.7 Å². The van der Waals surface area contributed by atoms with Crippen molar-refractivity contribution in [1.82, 2.24) is 0 Å². The molecule has 1 aromatic carbocycles. The second-order valence-electron chi connectivity index (χ2n) is 6.77. The highest BCUT2D eigenvalue weighted by molar-refractivity contribution is 6.35. The maximum absolute atomic E-state index is 6.25. The average molecular weight is 302 g/mol. The Morgan fingerprint density at radius 1 is 1.16 bits per heavy atom. The molecule has 2 unspecified atom stereocenters. The largest absolute Gasteiger partial charge is 0.327 e. The van der Waals surface area contributed by atoms with Crippen molar-refractivity contribution in [2.75, 3.05) is 0 Å². The highest BCUT2D eigenvalue weighted by Gasteiger charge is 2.18. The summed E-state index contributed by atoms with van der Waals surface area (Å²) in [6, 6.07) is 5.71. The summed E-state index contributed by atoms with van der Waals surface area (Å²) in [5.74, 6) is 0.608. The monoisotopic (exact) mass is 301 g/mol. The van der Waals surface area contributed by atoms with Gasteiger partial charge >= 0.3 is 0 Å². The van der Waals surface area contributed by atoms with Crippen molar-refractivity contribution < 1.29 is 0 Å². The van der Waals surface area contributed by atoms with Crippen LogP contribution in [0.1, 0.15) is 46.1 Å². The van der Waals surface area contributed by atoms with Crippen molar-refractivity contribution >= 4 is 23.2 Å². The van der Waals surface area contributed by atoms with E-state index in [1.807, 2.05) is 18.2 Å². The molecule has 0 amide bonds. The zero-order valence-corrected chi connectivity index (χ0v) is 13.9. The van der Waals surface area contributed by atoms with Crippen molar-refractivity contribution in [2.45, 2.75) is 53.0 Å². The Kier molecular flexibility index (Phi) is 6.16. The molecule has 19 heavy (non-hydrogen) atoms. The van der Waals surface area contributed by atoms with E-state index in [4.69, 9.17) is 28.9 Å². The molecular weight excluding hydrogens is 277 g/mol. The predicted molar refractivity (Wildman–Crippen MR) is 86.0 cm³/mol. The van der Waals surface area contributed by atoms with Gasteiger partial charge in [-0.15, -0.1) is 0 Å². The van der Waals surface area contributed by atoms with Crippen LogP contribution in [-0.2, 0) is 6.42 Å². The Morgan fingerprint density at radius 2 is 1.68 bits per heavy atom. The summed E-state index contributed by atoms with van der Waals surface area (Å²) in [6.07, 6.45) is 2.92. The molecule has 0 spiro atoms. The van der Waals surface area contributed by atoms with Gasteiger partial charge in [-0.05, 0) is 48.3 Å². The molecule has 2 N–H and O–H groups in total. The zero-order valence-electron chi connectivity index (χ0n) is 12.3. The molecule has 0 aromatic heterocycles. The van der Waals surface area contributed by atoms with Gasteiger partial charge in [-0.25, -0.2) is 0 Å². The first-order valence-corrected chi connectivity index (χ1v) is 7.63. The van der Waals surface area contributed by atoms with Crippen LogP contribution in [0.4, 0.5) is 0 Å². The summed E-state index contributed by atoms with van der Waals surface area (Å²) in [6.45, 7) is 9.05. The van der Waals surface area contributed by atoms with Gasteiger partial charge in [0, 0.05) is 16.1 Å². The number of hydrogen-bond donors (Lipinski definition) is 1. The Balaban J connectivity index is 2.58. The fourth-order valence-electron chi connectivity index (χ4n) is 2.72. The molecule has 3 heteroatoms. The second kappa shape index (κ2) is 6.97. The molecule has 0 aliphatic carbocycles. The van der Waals surface area contributed by atoms with Gasteiger partial charge in [-0.1, -0.05) is 57.0 Å². The lowest BCUT2D eigenvalue weighted by atomic mass is 9.82. The topological polar surface area (TPSA) is 26.0 Å². The molecule has 2 atom stereocenters. The molecule has 0 radical (unpaired) electrons. The fourth-order valence-corrected chi connectivity index (χ4v) is 3.27. The minimum atomic E-state index is 0.106. The minimum Gasteiger partial charge on any atom is -0.327 e. The van der Waals surface area contributed by atoms with Gasteiger partial charge in [0.25, 0.3) is 0 Å². The standard InChI is InChI=1S/C16H25Cl2N/c1-11(10-16(2,3)4)8-12(19)9-13-14(17)6-5-7-15(13)18/h5-7,11-12H,8-10,19H2,1-4H3. The summed E-state index contributed by atoms with van der Waals surface area (Å²) in [7, 11) is 0.